The van der Waals surface area contributed by atoms with Crippen molar-refractivity contribution in [2.75, 3.05) is 48.1 Å². The number of benzene rings is 3. The Kier molecular flexibility index (Phi) is 8.51. The molecule has 282 valence electrons. The number of fused-ring (bicyclic) bond motifs is 4. The number of hydrogen-bond donors (Lipinski definition) is 1. The number of carbonyl (C=O) groups is 4. The summed E-state index contributed by atoms with van der Waals surface area (Å²) in [6.45, 7) is 2.38. The minimum Gasteiger partial charge on any atom is -0.504 e. The van der Waals surface area contributed by atoms with Gasteiger partial charge in [0.25, 0.3) is 11.8 Å². The predicted molar refractivity (Wildman–Crippen MR) is 183 cm³/mol. The molecule has 6 atom stereocenters. The molecule has 0 aromatic heterocycles. The number of phenolic OH excluding ortho intramolecular Hbond substituents is 1. The first-order valence-corrected chi connectivity index (χ1v) is 17.6. The summed E-state index contributed by atoms with van der Waals surface area (Å²) in [4.78, 5) is 54.6. The molecule has 0 spiro atoms. The first-order chi connectivity index (χ1) is 25.7. The van der Waals surface area contributed by atoms with Gasteiger partial charge in [-0.15, -0.1) is 23.2 Å². The van der Waals surface area contributed by atoms with Gasteiger partial charge in [-0.3, -0.25) is 24.1 Å². The molecule has 3 aromatic carbocycles. The molecule has 0 unspecified atom stereocenters. The summed E-state index contributed by atoms with van der Waals surface area (Å²) in [7, 11) is 1.23. The molecule has 54 heavy (non-hydrogen) atoms. The number of para-hydroxylation sites is 1. The van der Waals surface area contributed by atoms with Gasteiger partial charge < -0.3 is 19.5 Å². The van der Waals surface area contributed by atoms with Gasteiger partial charge in [-0.25, -0.2) is 26.9 Å². The monoisotopic (exact) mass is 791 g/mol. The van der Waals surface area contributed by atoms with E-state index in [1.807, 2.05) is 0 Å². The van der Waals surface area contributed by atoms with Crippen LogP contribution in [0.1, 0.15) is 24.3 Å². The number of ether oxygens (including phenoxy) is 2. The number of allylic oxidation sites excluding steroid dienone is 2. The summed E-state index contributed by atoms with van der Waals surface area (Å²) >= 11 is 14.3. The number of carbonyl (C=O) groups excluding carboxylic acids is 4. The number of anilines is 3. The third kappa shape index (κ3) is 4.73. The van der Waals surface area contributed by atoms with E-state index in [9.17, 15) is 37.5 Å². The fourth-order valence-electron chi connectivity index (χ4n) is 8.74. The van der Waals surface area contributed by atoms with Crippen LogP contribution in [-0.2, 0) is 23.9 Å². The SMILES string of the molecule is COc1cccc([C@H]2C3=CC[C@@H]4C(=O)N(c5ccc(N6CCOCC6)cc5)C(=O)[C@@H]4[C@@H]3C[C@@]3(Cl)C(=O)N(c4c(F)c(F)c(F)c(F)c4F)C(=O)[C@@]23Cl)c1O. The number of alkyl halides is 2. The van der Waals surface area contributed by atoms with E-state index in [2.05, 4.69) is 4.90 Å². The highest BCUT2D eigenvalue weighted by molar-refractivity contribution is 6.58. The maximum Gasteiger partial charge on any atom is 0.258 e. The summed E-state index contributed by atoms with van der Waals surface area (Å²) in [5, 5.41) is 11.4. The second-order valence-corrected chi connectivity index (χ2v) is 15.0. The van der Waals surface area contributed by atoms with Gasteiger partial charge in [-0.2, -0.15) is 0 Å². The lowest BCUT2D eigenvalue weighted by Gasteiger charge is -2.50. The number of imide groups is 2. The van der Waals surface area contributed by atoms with Crippen LogP contribution in [0.4, 0.5) is 39.0 Å². The minimum absolute atomic E-state index is 0.0591. The van der Waals surface area contributed by atoms with Crippen molar-refractivity contribution in [2.24, 2.45) is 17.8 Å². The standard InChI is InChI=1S/C37H28Cl2F5N3O7/c1-53-22-4-2-3-20(31(22)48)24-18-9-10-19-23(33(50)46(32(19)49)17-7-5-16(6-8-17)45-11-13-54-14-12-45)21(18)15-36(38)34(51)47(35(52)37(24,36)39)30-28(43)26(41)25(40)27(42)29(30)44/h2-9,19,21,23-24,48H,10-15H2,1H3/t19-,21+,23-,24+,36+,37-/m0/s1. The number of aromatic hydroxyl groups is 1. The Morgan fingerprint density at radius 3 is 2.04 bits per heavy atom. The van der Waals surface area contributed by atoms with Crippen molar-refractivity contribution < 1.29 is 55.7 Å². The molecule has 3 heterocycles. The second kappa shape index (κ2) is 12.7. The lowest BCUT2D eigenvalue weighted by Crippen LogP contribution is -2.60. The number of hydrogen-bond acceptors (Lipinski definition) is 8. The number of amides is 4. The van der Waals surface area contributed by atoms with E-state index in [4.69, 9.17) is 32.7 Å². The summed E-state index contributed by atoms with van der Waals surface area (Å²) in [6.07, 6.45) is 0.813. The van der Waals surface area contributed by atoms with E-state index < -0.39 is 104 Å². The normalized spacial score (nSPS) is 29.3. The summed E-state index contributed by atoms with van der Waals surface area (Å²) in [6, 6.07) is 10.9. The van der Waals surface area contributed by atoms with E-state index in [0.717, 1.165) is 10.6 Å². The second-order valence-electron chi connectivity index (χ2n) is 13.7. The highest BCUT2D eigenvalue weighted by Crippen LogP contribution is 2.67. The Balaban J connectivity index is 1.26. The highest BCUT2D eigenvalue weighted by Gasteiger charge is 2.77. The van der Waals surface area contributed by atoms with Gasteiger partial charge in [-0.05, 0) is 49.1 Å². The maximum atomic E-state index is 15.3. The van der Waals surface area contributed by atoms with E-state index in [-0.39, 0.29) is 33.9 Å². The average molecular weight is 793 g/mol. The molecule has 2 aliphatic carbocycles. The lowest BCUT2D eigenvalue weighted by atomic mass is 9.56. The Morgan fingerprint density at radius 1 is 0.796 bits per heavy atom. The molecule has 4 amide bonds. The Morgan fingerprint density at radius 2 is 1.41 bits per heavy atom. The largest absolute Gasteiger partial charge is 0.504 e. The van der Waals surface area contributed by atoms with Crippen LogP contribution in [0, 0.1) is 46.8 Å². The van der Waals surface area contributed by atoms with Crippen LogP contribution in [0.2, 0.25) is 0 Å². The molecular weight excluding hydrogens is 764 g/mol. The molecule has 3 saturated heterocycles. The van der Waals surface area contributed by atoms with Crippen LogP contribution in [0.25, 0.3) is 0 Å². The Labute approximate surface area is 313 Å². The van der Waals surface area contributed by atoms with Gasteiger partial charge in [0.1, 0.15) is 5.69 Å². The zero-order chi connectivity index (χ0) is 38.6. The molecule has 17 heteroatoms. The van der Waals surface area contributed by atoms with Crippen molar-refractivity contribution in [1.82, 2.24) is 0 Å². The average Bonchev–Trinajstić information content (AvgIpc) is 3.51. The quantitative estimate of drug-likeness (QED) is 0.0875. The van der Waals surface area contributed by atoms with E-state index in [0.29, 0.717) is 26.3 Å². The zero-order valence-corrected chi connectivity index (χ0v) is 29.6. The lowest BCUT2D eigenvalue weighted by molar-refractivity contribution is -0.125. The van der Waals surface area contributed by atoms with Crippen molar-refractivity contribution in [1.29, 1.82) is 0 Å². The summed E-state index contributed by atoms with van der Waals surface area (Å²) in [5.41, 5.74) is -0.736. The fourth-order valence-corrected chi connectivity index (χ4v) is 9.66. The molecule has 0 bridgehead atoms. The van der Waals surface area contributed by atoms with Crippen molar-refractivity contribution in [3.05, 3.63) is 88.8 Å². The van der Waals surface area contributed by atoms with Gasteiger partial charge >= 0.3 is 0 Å². The van der Waals surface area contributed by atoms with Gasteiger partial charge in [0, 0.05) is 30.3 Å². The topological polar surface area (TPSA) is 117 Å². The van der Waals surface area contributed by atoms with Crippen LogP contribution < -0.4 is 19.4 Å². The summed E-state index contributed by atoms with van der Waals surface area (Å²) < 4.78 is 84.3. The van der Waals surface area contributed by atoms with Crippen LogP contribution in [-0.4, -0.2) is 71.9 Å². The first-order valence-electron chi connectivity index (χ1n) is 16.8. The molecule has 4 fully saturated rings. The van der Waals surface area contributed by atoms with Gasteiger partial charge in [0.15, 0.2) is 44.5 Å². The first kappa shape index (κ1) is 36.3. The summed E-state index contributed by atoms with van der Waals surface area (Å²) in [5.74, 6) is -22.5. The highest BCUT2D eigenvalue weighted by atomic mass is 35.5. The van der Waals surface area contributed by atoms with Crippen LogP contribution >= 0.6 is 23.2 Å². The molecule has 0 radical (unpaired) electrons. The minimum atomic E-state index is -2.79. The molecule has 1 saturated carbocycles. The van der Waals surface area contributed by atoms with Crippen LogP contribution in [0.3, 0.4) is 0 Å². The van der Waals surface area contributed by atoms with Gasteiger partial charge in [0.05, 0.1) is 37.8 Å². The number of morpholine rings is 1. The Bertz CT molecular complexity index is 2170. The number of phenols is 1. The molecule has 1 N–H and O–H groups in total. The van der Waals surface area contributed by atoms with E-state index in [1.54, 1.807) is 30.3 Å². The molecule has 3 aromatic rings. The molecule has 5 aliphatic rings. The van der Waals surface area contributed by atoms with Gasteiger partial charge in [-0.1, -0.05) is 23.8 Å². The predicted octanol–water partition coefficient (Wildman–Crippen LogP) is 5.70. The number of halogens is 7. The molecule has 8 rings (SSSR count). The molecule has 3 aliphatic heterocycles. The molecule has 10 nitrogen and oxygen atoms in total. The van der Waals surface area contributed by atoms with E-state index >= 15 is 8.78 Å². The number of nitrogens with zero attached hydrogens (tertiary/aromatic N) is 3. The van der Waals surface area contributed by atoms with Crippen molar-refractivity contribution >= 4 is 63.9 Å². The zero-order valence-electron chi connectivity index (χ0n) is 28.1. The van der Waals surface area contributed by atoms with E-state index in [1.165, 1.54) is 25.3 Å². The molecular formula is C37H28Cl2F5N3O7. The smallest absolute Gasteiger partial charge is 0.258 e. The van der Waals surface area contributed by atoms with Crippen molar-refractivity contribution in [2.45, 2.75) is 28.5 Å². The van der Waals surface area contributed by atoms with Crippen molar-refractivity contribution in [3.63, 3.8) is 0 Å². The fraction of sp³-hybridized carbons (Fsp3) is 0.351. The third-order valence-corrected chi connectivity index (χ3v) is 12.7. The van der Waals surface area contributed by atoms with Crippen LogP contribution in [0.15, 0.2) is 54.1 Å². The Hall–Kier alpha value is -4.73. The third-order valence-electron chi connectivity index (χ3n) is 11.3. The number of methoxy groups -OCH3 is 1. The van der Waals surface area contributed by atoms with Crippen molar-refractivity contribution in [3.8, 4) is 11.5 Å². The van der Waals surface area contributed by atoms with Crippen LogP contribution in [0.5, 0.6) is 11.5 Å². The number of rotatable bonds is 5. The maximum absolute atomic E-state index is 15.3. The van der Waals surface area contributed by atoms with Gasteiger partial charge in [0.2, 0.25) is 17.6 Å².